The maximum Gasteiger partial charge on any atom is 0.339 e. The first kappa shape index (κ1) is 16.7. The summed E-state index contributed by atoms with van der Waals surface area (Å²) in [6, 6.07) is 11.7. The largest absolute Gasteiger partial charge is 0.465 e. The van der Waals surface area contributed by atoms with Crippen molar-refractivity contribution in [3.05, 3.63) is 59.2 Å². The van der Waals surface area contributed by atoms with Crippen LogP contribution in [0.3, 0.4) is 0 Å². The Morgan fingerprint density at radius 2 is 1.84 bits per heavy atom. The number of rotatable bonds is 3. The molecule has 0 saturated heterocycles. The fourth-order valence-electron chi connectivity index (χ4n) is 2.81. The van der Waals surface area contributed by atoms with Gasteiger partial charge in [0.1, 0.15) is 0 Å². The molecule has 2 aromatic carbocycles. The molecule has 2 aromatic rings. The fourth-order valence-corrected chi connectivity index (χ4v) is 2.81. The van der Waals surface area contributed by atoms with Gasteiger partial charge in [-0.2, -0.15) is 0 Å². The van der Waals surface area contributed by atoms with Gasteiger partial charge < -0.3 is 15.4 Å². The second-order valence-electron chi connectivity index (χ2n) is 6.33. The normalized spacial score (nSPS) is 14.4. The average Bonchev–Trinajstić information content (AvgIpc) is 2.83. The number of carbonyl (C=O) groups is 3. The lowest BCUT2D eigenvalue weighted by atomic mass is 9.86. The van der Waals surface area contributed by atoms with Gasteiger partial charge in [-0.15, -0.1) is 0 Å². The van der Waals surface area contributed by atoms with E-state index < -0.39 is 11.4 Å². The van der Waals surface area contributed by atoms with E-state index in [4.69, 9.17) is 4.74 Å². The van der Waals surface area contributed by atoms with Crippen molar-refractivity contribution in [2.45, 2.75) is 19.3 Å². The summed E-state index contributed by atoms with van der Waals surface area (Å²) in [6.07, 6.45) is 0. The number of benzene rings is 2. The van der Waals surface area contributed by atoms with E-state index in [0.717, 1.165) is 5.56 Å². The van der Waals surface area contributed by atoms with Crippen LogP contribution in [0.4, 0.5) is 11.4 Å². The predicted molar refractivity (Wildman–Crippen MR) is 93.8 cm³/mol. The molecule has 0 aliphatic carbocycles. The third-order valence-corrected chi connectivity index (χ3v) is 4.35. The molecular formula is C19H18N2O4. The van der Waals surface area contributed by atoms with Crippen LogP contribution in [0.2, 0.25) is 0 Å². The monoisotopic (exact) mass is 338 g/mol. The summed E-state index contributed by atoms with van der Waals surface area (Å²) >= 11 is 0. The van der Waals surface area contributed by atoms with E-state index in [1.54, 1.807) is 42.5 Å². The van der Waals surface area contributed by atoms with Gasteiger partial charge in [0.05, 0.1) is 23.8 Å². The van der Waals surface area contributed by atoms with Crippen molar-refractivity contribution >= 4 is 29.2 Å². The highest BCUT2D eigenvalue weighted by atomic mass is 16.5. The molecule has 0 fully saturated rings. The molecule has 2 amide bonds. The van der Waals surface area contributed by atoms with Gasteiger partial charge in [0.2, 0.25) is 5.91 Å². The molecule has 6 nitrogen and oxygen atoms in total. The Balaban J connectivity index is 1.88. The predicted octanol–water partition coefficient (Wildman–Crippen LogP) is 2.96. The smallest absolute Gasteiger partial charge is 0.339 e. The topological polar surface area (TPSA) is 84.5 Å². The number of amides is 2. The van der Waals surface area contributed by atoms with Crippen LogP contribution in [0.15, 0.2) is 42.5 Å². The van der Waals surface area contributed by atoms with Crippen molar-refractivity contribution in [2.75, 3.05) is 17.7 Å². The molecule has 0 unspecified atom stereocenters. The number of methoxy groups -OCH3 is 1. The summed E-state index contributed by atoms with van der Waals surface area (Å²) in [5.41, 5.74) is 1.88. The standard InChI is InChI=1S/C19H18N2O4/c1-19(2)13-9-8-11(10-15(13)21-18(19)24)16(22)20-14-7-5-4-6-12(14)17(23)25-3/h4-10H,1-3H3,(H,20,22)(H,21,24). The van der Waals surface area contributed by atoms with Crippen molar-refractivity contribution in [3.63, 3.8) is 0 Å². The molecule has 2 N–H and O–H groups in total. The zero-order chi connectivity index (χ0) is 18.2. The van der Waals surface area contributed by atoms with Crippen LogP contribution in [-0.2, 0) is 14.9 Å². The fraction of sp³-hybridized carbons (Fsp3) is 0.211. The molecule has 0 atom stereocenters. The maximum atomic E-state index is 12.5. The molecule has 0 bridgehead atoms. The highest BCUT2D eigenvalue weighted by Crippen LogP contribution is 2.37. The number of ether oxygens (including phenoxy) is 1. The van der Waals surface area contributed by atoms with Crippen molar-refractivity contribution in [1.29, 1.82) is 0 Å². The molecule has 25 heavy (non-hydrogen) atoms. The highest BCUT2D eigenvalue weighted by molar-refractivity contribution is 6.11. The Labute approximate surface area is 145 Å². The number of fused-ring (bicyclic) bond motifs is 1. The second-order valence-corrected chi connectivity index (χ2v) is 6.33. The number of hydrogen-bond donors (Lipinski definition) is 2. The van der Waals surface area contributed by atoms with Gasteiger partial charge in [-0.05, 0) is 43.7 Å². The third kappa shape index (κ3) is 2.87. The number of esters is 1. The third-order valence-electron chi connectivity index (χ3n) is 4.35. The number of para-hydroxylation sites is 1. The van der Waals surface area contributed by atoms with Gasteiger partial charge in [-0.3, -0.25) is 9.59 Å². The van der Waals surface area contributed by atoms with Gasteiger partial charge in [0, 0.05) is 11.3 Å². The molecule has 1 aliphatic rings. The quantitative estimate of drug-likeness (QED) is 0.843. The summed E-state index contributed by atoms with van der Waals surface area (Å²) in [7, 11) is 1.28. The first-order chi connectivity index (χ1) is 11.8. The molecule has 6 heteroatoms. The number of nitrogens with one attached hydrogen (secondary N) is 2. The van der Waals surface area contributed by atoms with Crippen molar-refractivity contribution < 1.29 is 19.1 Å². The van der Waals surface area contributed by atoms with Crippen LogP contribution in [0.25, 0.3) is 0 Å². The van der Waals surface area contributed by atoms with E-state index in [-0.39, 0.29) is 17.4 Å². The van der Waals surface area contributed by atoms with Crippen LogP contribution >= 0.6 is 0 Å². The van der Waals surface area contributed by atoms with E-state index in [1.807, 2.05) is 13.8 Å². The summed E-state index contributed by atoms with van der Waals surface area (Å²) in [5, 5.41) is 5.51. The molecule has 0 aromatic heterocycles. The number of hydrogen-bond acceptors (Lipinski definition) is 4. The van der Waals surface area contributed by atoms with E-state index >= 15 is 0 Å². The van der Waals surface area contributed by atoms with Crippen LogP contribution in [0.1, 0.15) is 40.1 Å². The van der Waals surface area contributed by atoms with Crippen LogP contribution in [0.5, 0.6) is 0 Å². The van der Waals surface area contributed by atoms with E-state index in [2.05, 4.69) is 10.6 Å². The Bertz CT molecular complexity index is 887. The van der Waals surface area contributed by atoms with E-state index in [1.165, 1.54) is 7.11 Å². The lowest BCUT2D eigenvalue weighted by Crippen LogP contribution is -2.26. The molecular weight excluding hydrogens is 320 g/mol. The maximum absolute atomic E-state index is 12.5. The molecule has 0 spiro atoms. The van der Waals surface area contributed by atoms with Gasteiger partial charge >= 0.3 is 5.97 Å². The molecule has 3 rings (SSSR count). The Kier molecular flexibility index (Phi) is 4.04. The molecule has 128 valence electrons. The van der Waals surface area contributed by atoms with Gasteiger partial charge in [0.15, 0.2) is 0 Å². The van der Waals surface area contributed by atoms with Crippen LogP contribution in [-0.4, -0.2) is 24.9 Å². The molecule has 0 saturated carbocycles. The minimum absolute atomic E-state index is 0.101. The van der Waals surface area contributed by atoms with Gasteiger partial charge in [0.25, 0.3) is 5.91 Å². The minimum atomic E-state index is -0.623. The zero-order valence-corrected chi connectivity index (χ0v) is 14.2. The first-order valence-corrected chi connectivity index (χ1v) is 7.79. The lowest BCUT2D eigenvalue weighted by molar-refractivity contribution is -0.119. The molecule has 1 aliphatic heterocycles. The van der Waals surface area contributed by atoms with Crippen LogP contribution < -0.4 is 10.6 Å². The van der Waals surface area contributed by atoms with E-state index in [9.17, 15) is 14.4 Å². The Morgan fingerprint density at radius 1 is 1.12 bits per heavy atom. The highest BCUT2D eigenvalue weighted by Gasteiger charge is 2.38. The molecule has 0 radical (unpaired) electrons. The van der Waals surface area contributed by atoms with Crippen molar-refractivity contribution in [1.82, 2.24) is 0 Å². The zero-order valence-electron chi connectivity index (χ0n) is 14.2. The first-order valence-electron chi connectivity index (χ1n) is 7.79. The SMILES string of the molecule is COC(=O)c1ccccc1NC(=O)c1ccc2c(c1)NC(=O)C2(C)C. The van der Waals surface area contributed by atoms with Crippen molar-refractivity contribution in [2.24, 2.45) is 0 Å². The summed E-state index contributed by atoms with van der Waals surface area (Å²) in [4.78, 5) is 36.4. The molecule has 1 heterocycles. The van der Waals surface area contributed by atoms with Gasteiger partial charge in [-0.1, -0.05) is 18.2 Å². The lowest BCUT2D eigenvalue weighted by Gasteiger charge is -2.15. The summed E-state index contributed by atoms with van der Waals surface area (Å²) < 4.78 is 4.72. The number of anilines is 2. The van der Waals surface area contributed by atoms with E-state index in [0.29, 0.717) is 16.9 Å². The average molecular weight is 338 g/mol. The Morgan fingerprint density at radius 3 is 2.56 bits per heavy atom. The minimum Gasteiger partial charge on any atom is -0.465 e. The second kappa shape index (κ2) is 6.05. The van der Waals surface area contributed by atoms with Crippen LogP contribution in [0, 0.1) is 0 Å². The number of carbonyl (C=O) groups excluding carboxylic acids is 3. The van der Waals surface area contributed by atoms with Crippen molar-refractivity contribution in [3.8, 4) is 0 Å². The summed E-state index contributed by atoms with van der Waals surface area (Å²) in [5.74, 6) is -1.01. The van der Waals surface area contributed by atoms with Gasteiger partial charge in [-0.25, -0.2) is 4.79 Å². The Hall–Kier alpha value is -3.15. The summed E-state index contributed by atoms with van der Waals surface area (Å²) in [6.45, 7) is 3.67.